The number of nitrogens with zero attached hydrogens (tertiary/aromatic N) is 2. The molecule has 1 aliphatic carbocycles. The zero-order valence-electron chi connectivity index (χ0n) is 13.9. The number of nitrogens with one attached hydrogen (secondary N) is 2. The van der Waals surface area contributed by atoms with E-state index in [9.17, 15) is 27.6 Å². The number of carbonyl (C=O) groups excluding carboxylic acids is 3. The van der Waals surface area contributed by atoms with Gasteiger partial charge in [0.2, 0.25) is 5.91 Å². The van der Waals surface area contributed by atoms with Crippen LogP contribution in [-0.2, 0) is 15.8 Å². The third-order valence-electron chi connectivity index (χ3n) is 4.57. The van der Waals surface area contributed by atoms with Crippen molar-refractivity contribution < 1.29 is 27.6 Å². The highest BCUT2D eigenvalue weighted by Crippen LogP contribution is 2.35. The van der Waals surface area contributed by atoms with Gasteiger partial charge < -0.3 is 10.6 Å². The van der Waals surface area contributed by atoms with Crippen molar-refractivity contribution in [1.29, 1.82) is 0 Å². The second-order valence-corrected chi connectivity index (χ2v) is 7.36. The number of thiazole rings is 1. The molecule has 2 heterocycles. The van der Waals surface area contributed by atoms with Gasteiger partial charge in [0.15, 0.2) is 5.69 Å². The van der Waals surface area contributed by atoms with E-state index in [4.69, 9.17) is 0 Å². The fourth-order valence-corrected chi connectivity index (χ4v) is 4.08. The molecule has 0 bridgehead atoms. The highest BCUT2D eigenvalue weighted by molar-refractivity contribution is 7.09. The second-order valence-electron chi connectivity index (χ2n) is 6.47. The Morgan fingerprint density at radius 3 is 2.65 bits per heavy atom. The summed E-state index contributed by atoms with van der Waals surface area (Å²) in [5.41, 5.74) is -1.92. The van der Waals surface area contributed by atoms with Gasteiger partial charge in [-0.1, -0.05) is 12.8 Å². The second kappa shape index (κ2) is 6.53. The number of alkyl halides is 3. The molecule has 0 unspecified atom stereocenters. The first-order chi connectivity index (χ1) is 12.1. The summed E-state index contributed by atoms with van der Waals surface area (Å²) < 4.78 is 37.8. The largest absolute Gasteiger partial charge is 0.434 e. The number of imide groups is 1. The number of aromatic nitrogens is 1. The molecule has 1 spiro atoms. The predicted octanol–water partition coefficient (Wildman–Crippen LogP) is 2.20. The summed E-state index contributed by atoms with van der Waals surface area (Å²) in [7, 11) is 0. The van der Waals surface area contributed by atoms with Gasteiger partial charge in [-0.2, -0.15) is 13.2 Å². The first-order valence-electron chi connectivity index (χ1n) is 8.08. The van der Waals surface area contributed by atoms with Crippen molar-refractivity contribution in [3.63, 3.8) is 0 Å². The molecule has 1 saturated carbocycles. The number of carbonyl (C=O) groups is 3. The molecule has 2 aliphatic rings. The summed E-state index contributed by atoms with van der Waals surface area (Å²) in [5, 5.41) is 6.10. The minimum atomic E-state index is -4.55. The molecule has 1 aliphatic heterocycles. The zero-order valence-corrected chi connectivity index (χ0v) is 14.7. The fraction of sp³-hybridized carbons (Fsp3) is 0.600. The van der Waals surface area contributed by atoms with Crippen molar-refractivity contribution >= 4 is 29.2 Å². The highest BCUT2D eigenvalue weighted by atomic mass is 32.1. The summed E-state index contributed by atoms with van der Waals surface area (Å²) in [6, 6.07) is -1.39. The third-order valence-corrected chi connectivity index (χ3v) is 5.59. The Kier molecular flexibility index (Phi) is 4.67. The maximum Gasteiger partial charge on any atom is 0.434 e. The zero-order chi connectivity index (χ0) is 19.1. The smallest absolute Gasteiger partial charge is 0.346 e. The molecule has 26 heavy (non-hydrogen) atoms. The first-order valence-corrected chi connectivity index (χ1v) is 8.96. The molecule has 1 atom stereocenters. The molecule has 142 valence electrons. The summed E-state index contributed by atoms with van der Waals surface area (Å²) in [4.78, 5) is 41.0. The summed E-state index contributed by atoms with van der Waals surface area (Å²) in [6.07, 6.45) is -1.80. The van der Waals surface area contributed by atoms with Gasteiger partial charge in [0, 0.05) is 5.38 Å². The van der Waals surface area contributed by atoms with Crippen LogP contribution in [0.4, 0.5) is 18.0 Å². The van der Waals surface area contributed by atoms with Gasteiger partial charge in [0.05, 0.1) is 6.04 Å². The maximum atomic E-state index is 12.6. The molecule has 4 amide bonds. The van der Waals surface area contributed by atoms with Crippen LogP contribution in [0.2, 0.25) is 0 Å². The molecular formula is C15H17F3N4O3S. The average Bonchev–Trinajstić information content (AvgIpc) is 3.24. The van der Waals surface area contributed by atoms with Crippen molar-refractivity contribution in [1.82, 2.24) is 20.5 Å². The van der Waals surface area contributed by atoms with Gasteiger partial charge in [0.25, 0.3) is 5.91 Å². The van der Waals surface area contributed by atoms with E-state index >= 15 is 0 Å². The van der Waals surface area contributed by atoms with E-state index in [2.05, 4.69) is 15.6 Å². The van der Waals surface area contributed by atoms with Crippen LogP contribution in [0.25, 0.3) is 0 Å². The Morgan fingerprint density at radius 2 is 2.08 bits per heavy atom. The molecule has 0 aromatic carbocycles. The van der Waals surface area contributed by atoms with Crippen LogP contribution >= 0.6 is 11.3 Å². The first kappa shape index (κ1) is 18.6. The number of halogens is 3. The summed E-state index contributed by atoms with van der Waals surface area (Å²) >= 11 is 0.780. The van der Waals surface area contributed by atoms with E-state index in [0.29, 0.717) is 12.8 Å². The Hall–Kier alpha value is -2.17. The van der Waals surface area contributed by atoms with Crippen molar-refractivity contribution in [2.24, 2.45) is 0 Å². The van der Waals surface area contributed by atoms with Crippen LogP contribution in [0.1, 0.15) is 49.4 Å². The lowest BCUT2D eigenvalue weighted by atomic mass is 9.98. The van der Waals surface area contributed by atoms with Crippen LogP contribution in [0.3, 0.4) is 0 Å². The standard InChI is InChI=1S/C15H17F3N4O3S/c1-8(11-20-9(7-26-11)15(16,17)18)19-10(23)6-22-12(24)14(21-13(22)25)4-2-3-5-14/h7-8H,2-6H2,1H3,(H,19,23)(H,21,25)/t8-/m1/s1. The fourth-order valence-electron chi connectivity index (χ4n) is 3.25. The van der Waals surface area contributed by atoms with E-state index in [1.165, 1.54) is 6.92 Å². The topological polar surface area (TPSA) is 91.4 Å². The number of hydrogen-bond acceptors (Lipinski definition) is 5. The SMILES string of the molecule is C[C@@H](NC(=O)CN1C(=O)NC2(CCCC2)C1=O)c1nc(C(F)(F)F)cs1. The van der Waals surface area contributed by atoms with Crippen LogP contribution in [0, 0.1) is 0 Å². The predicted molar refractivity (Wildman–Crippen MR) is 85.1 cm³/mol. The minimum Gasteiger partial charge on any atom is -0.346 e. The molecule has 2 fully saturated rings. The Bertz CT molecular complexity index is 743. The van der Waals surface area contributed by atoms with E-state index in [0.717, 1.165) is 34.5 Å². The van der Waals surface area contributed by atoms with E-state index < -0.39 is 47.8 Å². The lowest BCUT2D eigenvalue weighted by Gasteiger charge is -2.20. The van der Waals surface area contributed by atoms with Gasteiger partial charge >= 0.3 is 12.2 Å². The molecule has 2 N–H and O–H groups in total. The number of rotatable bonds is 4. The van der Waals surface area contributed by atoms with Crippen molar-refractivity contribution in [3.8, 4) is 0 Å². The monoisotopic (exact) mass is 390 g/mol. The highest BCUT2D eigenvalue weighted by Gasteiger charge is 2.52. The number of amides is 4. The van der Waals surface area contributed by atoms with Crippen LogP contribution < -0.4 is 10.6 Å². The van der Waals surface area contributed by atoms with Gasteiger partial charge in [-0.3, -0.25) is 14.5 Å². The van der Waals surface area contributed by atoms with Crippen LogP contribution in [0.5, 0.6) is 0 Å². The third kappa shape index (κ3) is 3.39. The van der Waals surface area contributed by atoms with Gasteiger partial charge in [-0.25, -0.2) is 9.78 Å². The van der Waals surface area contributed by atoms with Gasteiger partial charge in [-0.15, -0.1) is 11.3 Å². The minimum absolute atomic E-state index is 0.0927. The van der Waals surface area contributed by atoms with Crippen molar-refractivity contribution in [2.75, 3.05) is 6.54 Å². The normalized spacial score (nSPS) is 20.5. The van der Waals surface area contributed by atoms with Crippen molar-refractivity contribution in [3.05, 3.63) is 16.1 Å². The summed E-state index contributed by atoms with van der Waals surface area (Å²) in [5.74, 6) is -1.06. The van der Waals surface area contributed by atoms with Crippen LogP contribution in [-0.4, -0.2) is 39.8 Å². The Labute approximate surface area is 150 Å². The lowest BCUT2D eigenvalue weighted by molar-refractivity contribution is -0.140. The van der Waals surface area contributed by atoms with Gasteiger partial charge in [0.1, 0.15) is 17.1 Å². The molecule has 1 aromatic rings. The van der Waals surface area contributed by atoms with Crippen molar-refractivity contribution in [2.45, 2.75) is 50.4 Å². The van der Waals surface area contributed by atoms with E-state index in [-0.39, 0.29) is 5.01 Å². The van der Waals surface area contributed by atoms with E-state index in [1.54, 1.807) is 0 Å². The van der Waals surface area contributed by atoms with E-state index in [1.807, 2.05) is 0 Å². The molecule has 7 nitrogen and oxygen atoms in total. The molecule has 3 rings (SSSR count). The molecule has 1 aromatic heterocycles. The maximum absolute atomic E-state index is 12.6. The molecule has 11 heteroatoms. The quantitative estimate of drug-likeness (QED) is 0.771. The molecule has 1 saturated heterocycles. The molecule has 0 radical (unpaired) electrons. The Morgan fingerprint density at radius 1 is 1.42 bits per heavy atom. The number of urea groups is 1. The Balaban J connectivity index is 1.61. The number of hydrogen-bond donors (Lipinski definition) is 2. The summed E-state index contributed by atoms with van der Waals surface area (Å²) in [6.45, 7) is 1.01. The average molecular weight is 390 g/mol. The lowest BCUT2D eigenvalue weighted by Crippen LogP contribution is -2.45. The molecular weight excluding hydrogens is 373 g/mol. The van der Waals surface area contributed by atoms with Gasteiger partial charge in [-0.05, 0) is 19.8 Å². The van der Waals surface area contributed by atoms with Crippen LogP contribution in [0.15, 0.2) is 5.38 Å².